The van der Waals surface area contributed by atoms with E-state index in [-0.39, 0.29) is 0 Å². The van der Waals surface area contributed by atoms with Crippen molar-refractivity contribution < 1.29 is 9.90 Å². The summed E-state index contributed by atoms with van der Waals surface area (Å²) in [6.07, 6.45) is 1.14. The predicted octanol–water partition coefficient (Wildman–Crippen LogP) is 3.83. The number of nitrogens with one attached hydrogen (secondary N) is 2. The van der Waals surface area contributed by atoms with Gasteiger partial charge < -0.3 is 15.7 Å². The van der Waals surface area contributed by atoms with Crippen LogP contribution in [-0.4, -0.2) is 11.1 Å². The van der Waals surface area contributed by atoms with Crippen molar-refractivity contribution in [3.63, 3.8) is 0 Å². The second-order valence-electron chi connectivity index (χ2n) is 4.36. The van der Waals surface area contributed by atoms with E-state index in [4.69, 9.17) is 5.11 Å². The molecule has 0 aromatic heterocycles. The van der Waals surface area contributed by atoms with Gasteiger partial charge in [0.2, 0.25) is 0 Å². The second kappa shape index (κ2) is 6.43. The zero-order valence-corrected chi connectivity index (χ0v) is 11.1. The van der Waals surface area contributed by atoms with E-state index in [9.17, 15) is 4.79 Å². The Kier molecular flexibility index (Phi) is 4.39. The number of rotatable bonds is 5. The number of carboxylic acids is 1. The largest absolute Gasteiger partial charge is 0.478 e. The average Bonchev–Trinajstić information content (AvgIpc) is 2.41. The Bertz CT molecular complexity index is 604. The summed E-state index contributed by atoms with van der Waals surface area (Å²) >= 11 is 0. The zero-order chi connectivity index (χ0) is 14.4. The minimum Gasteiger partial charge on any atom is -0.478 e. The first-order valence-corrected chi connectivity index (χ1v) is 6.24. The molecule has 4 heteroatoms. The highest BCUT2D eigenvalue weighted by atomic mass is 16.4. The first-order valence-electron chi connectivity index (χ1n) is 6.24. The van der Waals surface area contributed by atoms with Crippen LogP contribution in [0.5, 0.6) is 0 Å². The predicted molar refractivity (Wildman–Crippen MR) is 81.2 cm³/mol. The zero-order valence-electron chi connectivity index (χ0n) is 11.1. The van der Waals surface area contributed by atoms with E-state index in [1.807, 2.05) is 54.6 Å². The fourth-order valence-electron chi connectivity index (χ4n) is 1.77. The van der Waals surface area contributed by atoms with Crippen LogP contribution in [0.1, 0.15) is 6.92 Å². The second-order valence-corrected chi connectivity index (χ2v) is 4.36. The Labute approximate surface area is 117 Å². The molecule has 0 amide bonds. The lowest BCUT2D eigenvalue weighted by Crippen LogP contribution is -1.99. The van der Waals surface area contributed by atoms with E-state index in [0.717, 1.165) is 23.1 Å². The van der Waals surface area contributed by atoms with Crippen LogP contribution in [-0.2, 0) is 4.79 Å². The van der Waals surface area contributed by atoms with Crippen molar-refractivity contribution >= 4 is 23.0 Å². The van der Waals surface area contributed by atoms with Crippen molar-refractivity contribution in [3.8, 4) is 0 Å². The smallest absolute Gasteiger partial charge is 0.330 e. The number of carboxylic acid groups (broad SMARTS) is 1. The molecule has 0 unspecified atom stereocenters. The Morgan fingerprint density at radius 2 is 1.50 bits per heavy atom. The SMILES string of the molecule is C/C(=C/C(=O)O)Nc1ccc(Nc2ccccc2)cc1. The molecule has 0 aliphatic carbocycles. The van der Waals surface area contributed by atoms with Gasteiger partial charge in [-0.25, -0.2) is 4.79 Å². The maximum Gasteiger partial charge on any atom is 0.330 e. The number of hydrogen-bond donors (Lipinski definition) is 3. The van der Waals surface area contributed by atoms with Gasteiger partial charge in [-0.15, -0.1) is 0 Å². The molecule has 3 N–H and O–H groups in total. The van der Waals surface area contributed by atoms with Gasteiger partial charge in [-0.3, -0.25) is 0 Å². The Hall–Kier alpha value is -2.75. The lowest BCUT2D eigenvalue weighted by atomic mass is 10.2. The molecule has 0 heterocycles. The first-order chi connectivity index (χ1) is 9.63. The average molecular weight is 268 g/mol. The van der Waals surface area contributed by atoms with Crippen LogP contribution < -0.4 is 10.6 Å². The molecule has 0 aliphatic heterocycles. The molecule has 20 heavy (non-hydrogen) atoms. The molecule has 0 radical (unpaired) electrons. The van der Waals surface area contributed by atoms with Gasteiger partial charge in [0.1, 0.15) is 0 Å². The fraction of sp³-hybridized carbons (Fsp3) is 0.0625. The summed E-state index contributed by atoms with van der Waals surface area (Å²) in [5, 5.41) is 14.9. The maximum absolute atomic E-state index is 10.5. The Morgan fingerprint density at radius 1 is 0.950 bits per heavy atom. The van der Waals surface area contributed by atoms with E-state index in [1.165, 1.54) is 0 Å². The summed E-state index contributed by atoms with van der Waals surface area (Å²) in [5.74, 6) is -0.961. The summed E-state index contributed by atoms with van der Waals surface area (Å²) in [5.41, 5.74) is 3.43. The van der Waals surface area contributed by atoms with Crippen LogP contribution in [0.15, 0.2) is 66.4 Å². The molecule has 2 rings (SSSR count). The van der Waals surface area contributed by atoms with Crippen molar-refractivity contribution in [2.24, 2.45) is 0 Å². The van der Waals surface area contributed by atoms with Crippen LogP contribution in [0.2, 0.25) is 0 Å². The quantitative estimate of drug-likeness (QED) is 0.721. The minimum absolute atomic E-state index is 0.585. The molecular formula is C16H16N2O2. The summed E-state index contributed by atoms with van der Waals surface area (Å²) < 4.78 is 0. The third-order valence-electron chi connectivity index (χ3n) is 2.63. The van der Waals surface area contributed by atoms with Crippen LogP contribution >= 0.6 is 0 Å². The molecule has 0 fully saturated rings. The Morgan fingerprint density at radius 3 is 2.10 bits per heavy atom. The fourth-order valence-corrected chi connectivity index (χ4v) is 1.77. The number of benzene rings is 2. The minimum atomic E-state index is -0.961. The Balaban J connectivity index is 2.01. The maximum atomic E-state index is 10.5. The van der Waals surface area contributed by atoms with Crippen LogP contribution in [0, 0.1) is 0 Å². The summed E-state index contributed by atoms with van der Waals surface area (Å²) in [6.45, 7) is 1.71. The van der Waals surface area contributed by atoms with Gasteiger partial charge in [0.15, 0.2) is 0 Å². The van der Waals surface area contributed by atoms with Crippen molar-refractivity contribution in [2.75, 3.05) is 10.6 Å². The van der Waals surface area contributed by atoms with Gasteiger partial charge in [0, 0.05) is 28.8 Å². The lowest BCUT2D eigenvalue weighted by Gasteiger charge is -2.09. The third-order valence-corrected chi connectivity index (χ3v) is 2.63. The van der Waals surface area contributed by atoms with E-state index < -0.39 is 5.97 Å². The highest BCUT2D eigenvalue weighted by molar-refractivity contribution is 5.81. The van der Waals surface area contributed by atoms with Crippen LogP contribution in [0.4, 0.5) is 17.1 Å². The number of para-hydroxylation sites is 1. The summed E-state index contributed by atoms with van der Waals surface area (Å²) in [4.78, 5) is 10.5. The van der Waals surface area contributed by atoms with Crippen molar-refractivity contribution in [3.05, 3.63) is 66.4 Å². The van der Waals surface area contributed by atoms with Crippen molar-refractivity contribution in [2.45, 2.75) is 6.92 Å². The molecule has 102 valence electrons. The van der Waals surface area contributed by atoms with Gasteiger partial charge in [-0.2, -0.15) is 0 Å². The lowest BCUT2D eigenvalue weighted by molar-refractivity contribution is -0.131. The highest BCUT2D eigenvalue weighted by Crippen LogP contribution is 2.19. The molecule has 4 nitrogen and oxygen atoms in total. The molecule has 0 bridgehead atoms. The molecule has 2 aromatic rings. The number of anilines is 3. The van der Waals surface area contributed by atoms with Crippen molar-refractivity contribution in [1.29, 1.82) is 0 Å². The van der Waals surface area contributed by atoms with Gasteiger partial charge in [-0.05, 0) is 43.3 Å². The van der Waals surface area contributed by atoms with Gasteiger partial charge >= 0.3 is 5.97 Å². The van der Waals surface area contributed by atoms with Crippen LogP contribution in [0.3, 0.4) is 0 Å². The van der Waals surface area contributed by atoms with Crippen molar-refractivity contribution in [1.82, 2.24) is 0 Å². The monoisotopic (exact) mass is 268 g/mol. The van der Waals surface area contributed by atoms with E-state index >= 15 is 0 Å². The number of carbonyl (C=O) groups is 1. The molecule has 0 aliphatic rings. The molecule has 0 spiro atoms. The first kappa shape index (κ1) is 13.7. The summed E-state index contributed by atoms with van der Waals surface area (Å²) in [7, 11) is 0. The van der Waals surface area contributed by atoms with Gasteiger partial charge in [0.25, 0.3) is 0 Å². The third kappa shape index (κ3) is 4.17. The molecule has 0 saturated heterocycles. The normalized spacial score (nSPS) is 10.9. The summed E-state index contributed by atoms with van der Waals surface area (Å²) in [6, 6.07) is 17.5. The molecule has 0 saturated carbocycles. The van der Waals surface area contributed by atoms with E-state index in [1.54, 1.807) is 6.92 Å². The number of aliphatic carboxylic acids is 1. The van der Waals surface area contributed by atoms with Gasteiger partial charge in [-0.1, -0.05) is 18.2 Å². The topological polar surface area (TPSA) is 61.4 Å². The van der Waals surface area contributed by atoms with E-state index in [2.05, 4.69) is 10.6 Å². The number of allylic oxidation sites excluding steroid dienone is 1. The standard InChI is InChI=1S/C16H16N2O2/c1-12(11-16(19)20)17-14-7-9-15(10-8-14)18-13-5-3-2-4-6-13/h2-11,17-18H,1H3,(H,19,20)/b12-11-. The highest BCUT2D eigenvalue weighted by Gasteiger charge is 1.97. The van der Waals surface area contributed by atoms with Crippen LogP contribution in [0.25, 0.3) is 0 Å². The number of hydrogen-bond acceptors (Lipinski definition) is 3. The van der Waals surface area contributed by atoms with E-state index in [0.29, 0.717) is 5.70 Å². The van der Waals surface area contributed by atoms with Gasteiger partial charge in [0.05, 0.1) is 0 Å². The molecule has 0 atom stereocenters. The molecular weight excluding hydrogens is 252 g/mol. The molecule has 2 aromatic carbocycles.